The van der Waals surface area contributed by atoms with E-state index in [0.29, 0.717) is 13.1 Å². The van der Waals surface area contributed by atoms with E-state index < -0.39 is 0 Å². The molecule has 3 amide bonds. The van der Waals surface area contributed by atoms with Crippen molar-refractivity contribution in [3.8, 4) is 0 Å². The SMILES string of the molecule is CCNC(=O)N(CC(=O)N1CCc2sccc2[C@H]1c1ccccc1)[C@H](C)CC. The van der Waals surface area contributed by atoms with Gasteiger partial charge in [-0.05, 0) is 49.3 Å². The van der Waals surface area contributed by atoms with Crippen molar-refractivity contribution in [3.05, 3.63) is 57.8 Å². The summed E-state index contributed by atoms with van der Waals surface area (Å²) < 4.78 is 0. The molecule has 1 aromatic heterocycles. The molecule has 3 rings (SSSR count). The van der Waals surface area contributed by atoms with Crippen LogP contribution in [0, 0.1) is 0 Å². The first-order chi connectivity index (χ1) is 13.6. The molecule has 2 aromatic rings. The molecule has 0 saturated heterocycles. The molecule has 0 aliphatic carbocycles. The van der Waals surface area contributed by atoms with Gasteiger partial charge in [-0.15, -0.1) is 11.3 Å². The Hall–Kier alpha value is -2.34. The van der Waals surface area contributed by atoms with Crippen molar-refractivity contribution in [3.63, 3.8) is 0 Å². The number of hydrogen-bond acceptors (Lipinski definition) is 3. The molecule has 2 heterocycles. The molecular formula is C22H29N3O2S. The average molecular weight is 400 g/mol. The van der Waals surface area contributed by atoms with E-state index in [1.807, 2.05) is 43.9 Å². The maximum absolute atomic E-state index is 13.4. The largest absolute Gasteiger partial charge is 0.338 e. The maximum Gasteiger partial charge on any atom is 0.318 e. The number of rotatable bonds is 6. The molecule has 1 aliphatic rings. The van der Waals surface area contributed by atoms with Gasteiger partial charge >= 0.3 is 6.03 Å². The monoisotopic (exact) mass is 399 g/mol. The third kappa shape index (κ3) is 4.22. The summed E-state index contributed by atoms with van der Waals surface area (Å²) in [4.78, 5) is 30.8. The van der Waals surface area contributed by atoms with Crippen LogP contribution in [0.25, 0.3) is 0 Å². The third-order valence-corrected chi connectivity index (χ3v) is 6.42. The van der Waals surface area contributed by atoms with Crippen molar-refractivity contribution in [2.45, 2.75) is 45.7 Å². The molecule has 1 N–H and O–H groups in total. The first-order valence-corrected chi connectivity index (χ1v) is 10.9. The van der Waals surface area contributed by atoms with Crippen LogP contribution in [0.5, 0.6) is 0 Å². The van der Waals surface area contributed by atoms with Gasteiger partial charge in [-0.1, -0.05) is 37.3 Å². The lowest BCUT2D eigenvalue weighted by Crippen LogP contribution is -2.51. The highest BCUT2D eigenvalue weighted by molar-refractivity contribution is 7.10. The summed E-state index contributed by atoms with van der Waals surface area (Å²) in [6.07, 6.45) is 1.67. The lowest BCUT2D eigenvalue weighted by molar-refractivity contribution is -0.134. The molecule has 0 spiro atoms. The van der Waals surface area contributed by atoms with Crippen LogP contribution in [0.2, 0.25) is 0 Å². The fourth-order valence-electron chi connectivity index (χ4n) is 3.72. The highest BCUT2D eigenvalue weighted by Crippen LogP contribution is 2.37. The van der Waals surface area contributed by atoms with Gasteiger partial charge in [0.1, 0.15) is 6.54 Å². The number of benzene rings is 1. The van der Waals surface area contributed by atoms with Gasteiger partial charge in [0.15, 0.2) is 0 Å². The van der Waals surface area contributed by atoms with E-state index >= 15 is 0 Å². The quantitative estimate of drug-likeness (QED) is 0.797. The standard InChI is InChI=1S/C22H29N3O2S/c1-4-16(3)25(22(27)23-5-2)15-20(26)24-13-11-19-18(12-14-28-19)21(24)17-9-7-6-8-10-17/h6-10,12,14,16,21H,4-5,11,13,15H2,1-3H3,(H,23,27)/t16-,21-/m1/s1. The second-order valence-corrected chi connectivity index (χ2v) is 8.17. The topological polar surface area (TPSA) is 52.7 Å². The Bertz CT molecular complexity index is 805. The zero-order chi connectivity index (χ0) is 20.1. The highest BCUT2D eigenvalue weighted by Gasteiger charge is 2.34. The smallest absolute Gasteiger partial charge is 0.318 e. The Morgan fingerprint density at radius 3 is 2.68 bits per heavy atom. The Morgan fingerprint density at radius 1 is 1.25 bits per heavy atom. The second kappa shape index (κ2) is 9.24. The number of nitrogens with one attached hydrogen (secondary N) is 1. The summed E-state index contributed by atoms with van der Waals surface area (Å²) in [7, 11) is 0. The number of amides is 3. The Morgan fingerprint density at radius 2 is 2.00 bits per heavy atom. The third-order valence-electron chi connectivity index (χ3n) is 5.42. The van der Waals surface area contributed by atoms with Gasteiger partial charge in [0.05, 0.1) is 6.04 Å². The van der Waals surface area contributed by atoms with Crippen LogP contribution in [0.3, 0.4) is 0 Å². The molecule has 1 aliphatic heterocycles. The minimum atomic E-state index is -0.172. The minimum Gasteiger partial charge on any atom is -0.338 e. The molecule has 0 unspecified atom stereocenters. The molecule has 0 radical (unpaired) electrons. The van der Waals surface area contributed by atoms with Gasteiger partial charge in [-0.3, -0.25) is 4.79 Å². The van der Waals surface area contributed by atoms with Crippen molar-refractivity contribution >= 4 is 23.3 Å². The van der Waals surface area contributed by atoms with Gasteiger partial charge in [-0.2, -0.15) is 0 Å². The lowest BCUT2D eigenvalue weighted by atomic mass is 9.93. The summed E-state index contributed by atoms with van der Waals surface area (Å²) in [5.74, 6) is -0.00254. The molecule has 1 aromatic carbocycles. The summed E-state index contributed by atoms with van der Waals surface area (Å²) in [5.41, 5.74) is 2.33. The van der Waals surface area contributed by atoms with E-state index in [9.17, 15) is 9.59 Å². The average Bonchev–Trinajstić information content (AvgIpc) is 3.20. The van der Waals surface area contributed by atoms with E-state index in [2.05, 4.69) is 28.9 Å². The van der Waals surface area contributed by atoms with Crippen LogP contribution in [-0.2, 0) is 11.2 Å². The number of nitrogens with zero attached hydrogens (tertiary/aromatic N) is 2. The summed E-state index contributed by atoms with van der Waals surface area (Å²) >= 11 is 1.76. The highest BCUT2D eigenvalue weighted by atomic mass is 32.1. The van der Waals surface area contributed by atoms with Crippen molar-refractivity contribution in [2.75, 3.05) is 19.6 Å². The van der Waals surface area contributed by atoms with Crippen molar-refractivity contribution in [1.29, 1.82) is 0 Å². The van der Waals surface area contributed by atoms with Gasteiger partial charge in [0, 0.05) is 24.0 Å². The predicted molar refractivity (Wildman–Crippen MR) is 114 cm³/mol. The van der Waals surface area contributed by atoms with Gasteiger partial charge in [-0.25, -0.2) is 4.79 Å². The zero-order valence-corrected chi connectivity index (χ0v) is 17.7. The molecule has 0 saturated carbocycles. The van der Waals surface area contributed by atoms with Crippen molar-refractivity contribution < 1.29 is 9.59 Å². The van der Waals surface area contributed by atoms with E-state index in [0.717, 1.165) is 18.4 Å². The number of urea groups is 1. The minimum absolute atomic E-state index is 0.00254. The molecule has 150 valence electrons. The van der Waals surface area contributed by atoms with Crippen LogP contribution in [0.4, 0.5) is 4.79 Å². The van der Waals surface area contributed by atoms with Crippen molar-refractivity contribution in [2.24, 2.45) is 0 Å². The first kappa shape index (κ1) is 20.4. The Balaban J connectivity index is 1.87. The van der Waals surface area contributed by atoms with Crippen LogP contribution in [0.15, 0.2) is 41.8 Å². The van der Waals surface area contributed by atoms with Gasteiger partial charge in [0.25, 0.3) is 0 Å². The Kier molecular flexibility index (Phi) is 6.73. The van der Waals surface area contributed by atoms with Gasteiger partial charge in [0.2, 0.25) is 5.91 Å². The molecule has 2 atom stereocenters. The number of fused-ring (bicyclic) bond motifs is 1. The first-order valence-electron chi connectivity index (χ1n) is 10.0. The molecular weight excluding hydrogens is 370 g/mol. The predicted octanol–water partition coefficient (Wildman–Crippen LogP) is 4.05. The second-order valence-electron chi connectivity index (χ2n) is 7.17. The fourth-order valence-corrected chi connectivity index (χ4v) is 4.62. The molecule has 28 heavy (non-hydrogen) atoms. The van der Waals surface area contributed by atoms with Crippen molar-refractivity contribution in [1.82, 2.24) is 15.1 Å². The Labute approximate surface area is 171 Å². The van der Waals surface area contributed by atoms with Gasteiger partial charge < -0.3 is 15.1 Å². The molecule has 0 bridgehead atoms. The van der Waals surface area contributed by atoms with Crippen LogP contribution in [0.1, 0.15) is 49.2 Å². The normalized spacial score (nSPS) is 17.0. The lowest BCUT2D eigenvalue weighted by Gasteiger charge is -2.38. The summed E-state index contributed by atoms with van der Waals surface area (Å²) in [6.45, 7) is 7.24. The van der Waals surface area contributed by atoms with E-state index in [-0.39, 0.29) is 30.6 Å². The molecule has 0 fully saturated rings. The number of carbonyl (C=O) groups excluding carboxylic acids is 2. The summed E-state index contributed by atoms with van der Waals surface area (Å²) in [5, 5.41) is 4.95. The number of hydrogen-bond donors (Lipinski definition) is 1. The zero-order valence-electron chi connectivity index (χ0n) is 16.9. The van der Waals surface area contributed by atoms with Crippen LogP contribution >= 0.6 is 11.3 Å². The summed E-state index contributed by atoms with van der Waals surface area (Å²) in [6, 6.07) is 12.1. The maximum atomic E-state index is 13.4. The fraction of sp³-hybridized carbons (Fsp3) is 0.455. The van der Waals surface area contributed by atoms with Crippen LogP contribution < -0.4 is 5.32 Å². The number of carbonyl (C=O) groups is 2. The van der Waals surface area contributed by atoms with E-state index in [1.165, 1.54) is 10.4 Å². The van der Waals surface area contributed by atoms with E-state index in [1.54, 1.807) is 16.2 Å². The van der Waals surface area contributed by atoms with Crippen LogP contribution in [-0.4, -0.2) is 47.4 Å². The van der Waals surface area contributed by atoms with E-state index in [4.69, 9.17) is 0 Å². The molecule has 5 nitrogen and oxygen atoms in total. The molecule has 6 heteroatoms. The number of thiophene rings is 1.